The molecule has 0 unspecified atom stereocenters. The fourth-order valence-corrected chi connectivity index (χ4v) is 3.30. The van der Waals surface area contributed by atoms with Gasteiger partial charge in [-0.2, -0.15) is 0 Å². The number of carbonyl (C=O) groups excluding carboxylic acids is 2. The molecule has 4 rings (SSSR count). The first-order chi connectivity index (χ1) is 13.7. The third kappa shape index (κ3) is 4.22. The second kappa shape index (κ2) is 8.25. The van der Waals surface area contributed by atoms with Gasteiger partial charge in [0.1, 0.15) is 5.82 Å². The molecular weight excluding hydrogens is 352 g/mol. The van der Waals surface area contributed by atoms with E-state index >= 15 is 0 Å². The number of para-hydroxylation sites is 3. The first-order valence-electron chi connectivity index (χ1n) is 9.78. The van der Waals surface area contributed by atoms with E-state index in [-0.39, 0.29) is 17.7 Å². The van der Waals surface area contributed by atoms with Crippen molar-refractivity contribution < 1.29 is 9.59 Å². The van der Waals surface area contributed by atoms with Crippen LogP contribution in [-0.4, -0.2) is 34.5 Å². The highest BCUT2D eigenvalue weighted by Crippen LogP contribution is 2.28. The van der Waals surface area contributed by atoms with Crippen molar-refractivity contribution in [3.05, 3.63) is 60.4 Å². The van der Waals surface area contributed by atoms with Crippen molar-refractivity contribution in [2.45, 2.75) is 25.7 Å². The molecular formula is C22H24N4O2. The fourth-order valence-electron chi connectivity index (χ4n) is 3.30. The number of fused-ring (bicyclic) bond motifs is 1. The van der Waals surface area contributed by atoms with E-state index in [1.54, 1.807) is 0 Å². The molecule has 1 saturated carbocycles. The summed E-state index contributed by atoms with van der Waals surface area (Å²) in [6, 6.07) is 18.1. The van der Waals surface area contributed by atoms with Crippen molar-refractivity contribution in [2.24, 2.45) is 5.92 Å². The lowest BCUT2D eigenvalue weighted by atomic mass is 10.2. The second-order valence-electron chi connectivity index (χ2n) is 7.10. The molecule has 2 amide bonds. The van der Waals surface area contributed by atoms with Crippen LogP contribution in [0.2, 0.25) is 0 Å². The fraction of sp³-hybridized carbons (Fsp3) is 0.318. The Balaban J connectivity index is 1.37. The molecule has 28 heavy (non-hydrogen) atoms. The molecule has 3 aromatic rings. The zero-order chi connectivity index (χ0) is 19.3. The van der Waals surface area contributed by atoms with E-state index in [0.29, 0.717) is 25.9 Å². The summed E-state index contributed by atoms with van der Waals surface area (Å²) < 4.78 is 2.11. The lowest BCUT2D eigenvalue weighted by Gasteiger charge is -2.10. The van der Waals surface area contributed by atoms with Crippen LogP contribution in [0.4, 0.5) is 0 Å². The Morgan fingerprint density at radius 2 is 1.68 bits per heavy atom. The Kier molecular flexibility index (Phi) is 5.37. The number of carbonyl (C=O) groups is 2. The molecule has 2 aromatic carbocycles. The summed E-state index contributed by atoms with van der Waals surface area (Å²) in [5.74, 6) is 1.13. The number of hydrogen-bond donors (Lipinski definition) is 2. The van der Waals surface area contributed by atoms with Crippen LogP contribution < -0.4 is 10.6 Å². The van der Waals surface area contributed by atoms with Crippen LogP contribution in [0.5, 0.6) is 0 Å². The van der Waals surface area contributed by atoms with Gasteiger partial charge in [-0.15, -0.1) is 0 Å². The molecule has 0 spiro atoms. The highest BCUT2D eigenvalue weighted by Gasteiger charge is 2.29. The van der Waals surface area contributed by atoms with E-state index in [1.807, 2.05) is 54.6 Å². The van der Waals surface area contributed by atoms with Crippen LogP contribution in [-0.2, 0) is 16.0 Å². The van der Waals surface area contributed by atoms with Crippen LogP contribution in [0, 0.1) is 5.92 Å². The van der Waals surface area contributed by atoms with Crippen LogP contribution in [0.3, 0.4) is 0 Å². The van der Waals surface area contributed by atoms with Crippen LogP contribution in [0.25, 0.3) is 16.7 Å². The van der Waals surface area contributed by atoms with Gasteiger partial charge in [-0.05, 0) is 37.1 Å². The van der Waals surface area contributed by atoms with Gasteiger partial charge >= 0.3 is 0 Å². The number of amides is 2. The Labute approximate surface area is 164 Å². The van der Waals surface area contributed by atoms with Crippen molar-refractivity contribution in [1.29, 1.82) is 0 Å². The molecule has 2 N–H and O–H groups in total. The molecule has 1 aliphatic rings. The average molecular weight is 376 g/mol. The van der Waals surface area contributed by atoms with Crippen molar-refractivity contribution in [1.82, 2.24) is 20.2 Å². The summed E-state index contributed by atoms with van der Waals surface area (Å²) in [6.07, 6.45) is 2.87. The van der Waals surface area contributed by atoms with E-state index < -0.39 is 0 Å². The molecule has 1 aromatic heterocycles. The highest BCUT2D eigenvalue weighted by atomic mass is 16.2. The summed E-state index contributed by atoms with van der Waals surface area (Å²) in [4.78, 5) is 28.5. The lowest BCUT2D eigenvalue weighted by Crippen LogP contribution is -2.35. The van der Waals surface area contributed by atoms with E-state index in [1.165, 1.54) is 0 Å². The molecule has 0 bridgehead atoms. The quantitative estimate of drug-likeness (QED) is 0.594. The maximum atomic E-state index is 12.2. The minimum atomic E-state index is -0.0349. The predicted octanol–water partition coefficient (Wildman–Crippen LogP) is 2.60. The van der Waals surface area contributed by atoms with Crippen molar-refractivity contribution in [2.75, 3.05) is 13.1 Å². The van der Waals surface area contributed by atoms with Crippen molar-refractivity contribution in [3.8, 4) is 5.69 Å². The molecule has 144 valence electrons. The van der Waals surface area contributed by atoms with Crippen LogP contribution in [0.15, 0.2) is 54.6 Å². The molecule has 0 atom stereocenters. The molecule has 1 fully saturated rings. The molecule has 1 heterocycles. The molecule has 6 heteroatoms. The summed E-state index contributed by atoms with van der Waals surface area (Å²) in [5, 5.41) is 5.72. The van der Waals surface area contributed by atoms with Crippen molar-refractivity contribution >= 4 is 22.8 Å². The predicted molar refractivity (Wildman–Crippen MR) is 108 cm³/mol. The third-order valence-corrected chi connectivity index (χ3v) is 4.91. The standard InChI is InChI=1S/C22H24N4O2/c27-21(23-14-15-24-22(28)16-10-11-16)13-12-20-25-18-8-4-5-9-19(18)26(20)17-6-2-1-3-7-17/h1-9,16H,10-15H2,(H,23,27)(H,24,28). The normalized spacial score (nSPS) is 13.4. The first kappa shape index (κ1) is 18.2. The van der Waals surface area contributed by atoms with Crippen LogP contribution in [0.1, 0.15) is 25.1 Å². The number of nitrogens with zero attached hydrogens (tertiary/aromatic N) is 2. The minimum absolute atomic E-state index is 0.0349. The van der Waals surface area contributed by atoms with Gasteiger partial charge in [0, 0.05) is 37.5 Å². The number of aromatic nitrogens is 2. The van der Waals surface area contributed by atoms with Gasteiger partial charge in [0.2, 0.25) is 11.8 Å². The monoisotopic (exact) mass is 376 g/mol. The number of rotatable bonds is 8. The van der Waals surface area contributed by atoms with Gasteiger partial charge < -0.3 is 10.6 Å². The number of nitrogens with one attached hydrogen (secondary N) is 2. The molecule has 0 aliphatic heterocycles. The second-order valence-corrected chi connectivity index (χ2v) is 7.10. The summed E-state index contributed by atoms with van der Waals surface area (Å²) in [7, 11) is 0. The Morgan fingerprint density at radius 3 is 2.46 bits per heavy atom. The highest BCUT2D eigenvalue weighted by molar-refractivity contribution is 5.81. The summed E-state index contributed by atoms with van der Waals surface area (Å²) in [5.41, 5.74) is 2.99. The number of hydrogen-bond acceptors (Lipinski definition) is 3. The number of imidazole rings is 1. The lowest BCUT2D eigenvalue weighted by molar-refractivity contribution is -0.123. The number of benzene rings is 2. The third-order valence-electron chi connectivity index (χ3n) is 4.91. The van der Waals surface area contributed by atoms with Gasteiger partial charge in [0.05, 0.1) is 11.0 Å². The zero-order valence-corrected chi connectivity index (χ0v) is 15.7. The average Bonchev–Trinajstić information content (AvgIpc) is 3.51. The molecule has 0 radical (unpaired) electrons. The van der Waals surface area contributed by atoms with Crippen molar-refractivity contribution in [3.63, 3.8) is 0 Å². The smallest absolute Gasteiger partial charge is 0.223 e. The van der Waals surface area contributed by atoms with E-state index in [9.17, 15) is 9.59 Å². The Bertz CT molecular complexity index is 977. The Hall–Kier alpha value is -3.15. The SMILES string of the molecule is O=C(CCc1nc2ccccc2n1-c1ccccc1)NCCNC(=O)C1CC1. The maximum Gasteiger partial charge on any atom is 0.223 e. The summed E-state index contributed by atoms with van der Waals surface area (Å²) >= 11 is 0. The zero-order valence-electron chi connectivity index (χ0n) is 15.7. The van der Waals surface area contributed by atoms with Crippen LogP contribution >= 0.6 is 0 Å². The van der Waals surface area contributed by atoms with Gasteiger partial charge in [0.25, 0.3) is 0 Å². The molecule has 0 saturated heterocycles. The molecule has 6 nitrogen and oxygen atoms in total. The topological polar surface area (TPSA) is 76.0 Å². The van der Waals surface area contributed by atoms with Gasteiger partial charge in [-0.3, -0.25) is 14.2 Å². The first-order valence-corrected chi connectivity index (χ1v) is 9.78. The van der Waals surface area contributed by atoms with Gasteiger partial charge in [-0.25, -0.2) is 4.98 Å². The Morgan fingerprint density at radius 1 is 0.964 bits per heavy atom. The largest absolute Gasteiger partial charge is 0.354 e. The van der Waals surface area contributed by atoms with E-state index in [2.05, 4.69) is 15.2 Å². The van der Waals surface area contributed by atoms with E-state index in [0.717, 1.165) is 35.4 Å². The summed E-state index contributed by atoms with van der Waals surface area (Å²) in [6.45, 7) is 0.927. The maximum absolute atomic E-state index is 12.2. The van der Waals surface area contributed by atoms with Gasteiger partial charge in [-0.1, -0.05) is 30.3 Å². The van der Waals surface area contributed by atoms with E-state index in [4.69, 9.17) is 4.98 Å². The minimum Gasteiger partial charge on any atom is -0.354 e. The molecule has 1 aliphatic carbocycles. The number of aryl methyl sites for hydroxylation is 1. The van der Waals surface area contributed by atoms with Gasteiger partial charge in [0.15, 0.2) is 0 Å².